The van der Waals surface area contributed by atoms with Gasteiger partial charge >= 0.3 is 6.18 Å². The van der Waals surface area contributed by atoms with Gasteiger partial charge in [-0.3, -0.25) is 4.79 Å². The summed E-state index contributed by atoms with van der Waals surface area (Å²) < 4.78 is 73.6. The molecule has 246 valence electrons. The van der Waals surface area contributed by atoms with Crippen molar-refractivity contribution in [2.45, 2.75) is 70.1 Å². The van der Waals surface area contributed by atoms with Crippen LogP contribution in [0.25, 0.3) is 5.82 Å². The third kappa shape index (κ3) is 9.07. The van der Waals surface area contributed by atoms with Crippen molar-refractivity contribution in [1.82, 2.24) is 29.8 Å². The number of aromatic nitrogens is 4. The van der Waals surface area contributed by atoms with Gasteiger partial charge in [-0.2, -0.15) is 21.6 Å². The number of rotatable bonds is 13. The fourth-order valence-electron chi connectivity index (χ4n) is 4.78. The number of sulfonamides is 1. The lowest BCUT2D eigenvalue weighted by molar-refractivity contribution is -0.215. The number of anilines is 1. The molecule has 1 saturated heterocycles. The summed E-state index contributed by atoms with van der Waals surface area (Å²) in [4.78, 5) is 21.1. The number of hydrogen-bond acceptors (Lipinski definition) is 9. The number of pyridine rings is 2. The SMILES string of the molecule is CC1(C)C[C@H](CCCNc2cccc(S(=O)(=O)NC(=O)c3ccc(-n4ccc(OCCC(C)(C)C(F)(F)F)n4)nc3Cl)n2)CN1. The van der Waals surface area contributed by atoms with E-state index < -0.39 is 27.5 Å². The number of carbonyl (C=O) groups excluding carboxylic acids is 1. The van der Waals surface area contributed by atoms with Gasteiger partial charge in [0.05, 0.1) is 17.6 Å². The Bertz CT molecular complexity index is 1610. The van der Waals surface area contributed by atoms with Crippen molar-refractivity contribution in [2.24, 2.45) is 11.3 Å². The van der Waals surface area contributed by atoms with E-state index >= 15 is 0 Å². The largest absolute Gasteiger partial charge is 0.477 e. The van der Waals surface area contributed by atoms with Gasteiger partial charge in [0.2, 0.25) is 5.88 Å². The predicted molar refractivity (Wildman–Crippen MR) is 163 cm³/mol. The van der Waals surface area contributed by atoms with E-state index in [9.17, 15) is 26.4 Å². The fraction of sp³-hybridized carbons (Fsp3) is 0.517. The monoisotopic (exact) mass is 671 g/mol. The summed E-state index contributed by atoms with van der Waals surface area (Å²) in [6.07, 6.45) is -0.154. The Morgan fingerprint density at radius 1 is 1.18 bits per heavy atom. The van der Waals surface area contributed by atoms with E-state index in [4.69, 9.17) is 16.3 Å². The summed E-state index contributed by atoms with van der Waals surface area (Å²) in [5, 5.41) is 10.1. The van der Waals surface area contributed by atoms with Crippen LogP contribution in [0.3, 0.4) is 0 Å². The molecular weight excluding hydrogens is 635 g/mol. The lowest BCUT2D eigenvalue weighted by Gasteiger charge is -2.27. The molecule has 0 unspecified atom stereocenters. The molecule has 4 rings (SSSR count). The molecule has 3 aromatic rings. The van der Waals surface area contributed by atoms with Crippen molar-refractivity contribution in [2.75, 3.05) is 25.0 Å². The number of nitrogens with zero attached hydrogens (tertiary/aromatic N) is 4. The van der Waals surface area contributed by atoms with Crippen LogP contribution >= 0.6 is 11.6 Å². The molecule has 0 saturated carbocycles. The van der Waals surface area contributed by atoms with Crippen molar-refractivity contribution in [3.05, 3.63) is 53.3 Å². The molecule has 0 spiro atoms. The van der Waals surface area contributed by atoms with Gasteiger partial charge in [-0.1, -0.05) is 31.5 Å². The first-order chi connectivity index (χ1) is 21.0. The van der Waals surface area contributed by atoms with E-state index in [1.165, 1.54) is 41.2 Å². The lowest BCUT2D eigenvalue weighted by atomic mass is 9.89. The second-order valence-corrected chi connectivity index (χ2v) is 14.3. The highest BCUT2D eigenvalue weighted by atomic mass is 35.5. The standard InChI is InChI=1S/C29H37ClF3N7O4S/c1-27(2,29(31,32)33)13-16-44-23-12-15-40(38-23)22-11-10-20(25(30)37-22)26(41)39-45(42,43)24-9-5-8-21(36-24)34-14-6-7-19-17-28(3,4)35-18-19/h5,8-12,15,19,35H,6-7,13-14,16-18H2,1-4H3,(H,34,36)(H,39,41)/t19-/m0/s1. The minimum absolute atomic E-state index is 0.0678. The molecule has 1 aliphatic heterocycles. The van der Waals surface area contributed by atoms with E-state index in [1.807, 2.05) is 4.72 Å². The summed E-state index contributed by atoms with van der Waals surface area (Å²) in [7, 11) is -4.34. The van der Waals surface area contributed by atoms with Crippen LogP contribution in [0, 0.1) is 11.3 Å². The van der Waals surface area contributed by atoms with Crippen molar-refractivity contribution in [3.63, 3.8) is 0 Å². The molecule has 16 heteroatoms. The molecule has 0 radical (unpaired) electrons. The van der Waals surface area contributed by atoms with Crippen LogP contribution in [0.1, 0.15) is 63.7 Å². The number of carbonyl (C=O) groups is 1. The van der Waals surface area contributed by atoms with Gasteiger partial charge in [0.15, 0.2) is 10.8 Å². The molecule has 45 heavy (non-hydrogen) atoms. The summed E-state index contributed by atoms with van der Waals surface area (Å²) in [6.45, 7) is 7.94. The summed E-state index contributed by atoms with van der Waals surface area (Å²) in [6, 6.07) is 8.54. The molecule has 11 nitrogen and oxygen atoms in total. The van der Waals surface area contributed by atoms with Crippen LogP contribution in [0.4, 0.5) is 19.0 Å². The molecule has 0 aromatic carbocycles. The highest BCUT2D eigenvalue weighted by Crippen LogP contribution is 2.40. The molecule has 0 bridgehead atoms. The van der Waals surface area contributed by atoms with E-state index in [0.29, 0.717) is 18.3 Å². The normalized spacial score (nSPS) is 16.8. The first-order valence-electron chi connectivity index (χ1n) is 14.4. The van der Waals surface area contributed by atoms with Crippen LogP contribution in [0.2, 0.25) is 5.15 Å². The van der Waals surface area contributed by atoms with Gasteiger partial charge in [-0.05, 0) is 76.3 Å². The van der Waals surface area contributed by atoms with Gasteiger partial charge in [0, 0.05) is 24.3 Å². The molecular formula is C29H37ClF3N7O4S. The summed E-state index contributed by atoms with van der Waals surface area (Å²) in [5.74, 6) is 0.182. The number of ether oxygens (including phenoxy) is 1. The van der Waals surface area contributed by atoms with Crippen molar-refractivity contribution < 1.29 is 31.1 Å². The van der Waals surface area contributed by atoms with E-state index in [0.717, 1.165) is 39.7 Å². The first-order valence-corrected chi connectivity index (χ1v) is 16.3. The fourth-order valence-corrected chi connectivity index (χ4v) is 5.95. The first kappa shape index (κ1) is 34.4. The zero-order valence-corrected chi connectivity index (χ0v) is 27.0. The van der Waals surface area contributed by atoms with Crippen molar-refractivity contribution >= 4 is 33.3 Å². The molecule has 4 heterocycles. The molecule has 1 aliphatic rings. The van der Waals surface area contributed by atoms with Gasteiger partial charge in [-0.25, -0.2) is 19.4 Å². The zero-order chi connectivity index (χ0) is 33.0. The lowest BCUT2D eigenvalue weighted by Crippen LogP contribution is -2.33. The average Bonchev–Trinajstić information content (AvgIpc) is 3.56. The maximum Gasteiger partial charge on any atom is 0.394 e. The summed E-state index contributed by atoms with van der Waals surface area (Å²) in [5.41, 5.74) is -1.98. The topological polar surface area (TPSA) is 140 Å². The third-order valence-electron chi connectivity index (χ3n) is 7.61. The molecule has 3 aromatic heterocycles. The smallest absolute Gasteiger partial charge is 0.394 e. The number of halogens is 4. The van der Waals surface area contributed by atoms with Crippen LogP contribution in [0.15, 0.2) is 47.6 Å². The Morgan fingerprint density at radius 3 is 2.60 bits per heavy atom. The Hall–Kier alpha value is -3.43. The van der Waals surface area contributed by atoms with Crippen LogP contribution in [-0.4, -0.2) is 65.5 Å². The minimum atomic E-state index is -4.37. The van der Waals surface area contributed by atoms with Crippen LogP contribution in [0.5, 0.6) is 5.88 Å². The van der Waals surface area contributed by atoms with Gasteiger partial charge in [0.25, 0.3) is 15.9 Å². The second-order valence-electron chi connectivity index (χ2n) is 12.3. The van der Waals surface area contributed by atoms with E-state index in [-0.39, 0.29) is 46.0 Å². The summed E-state index contributed by atoms with van der Waals surface area (Å²) >= 11 is 6.22. The highest BCUT2D eigenvalue weighted by molar-refractivity contribution is 7.90. The molecule has 0 aliphatic carbocycles. The van der Waals surface area contributed by atoms with Crippen molar-refractivity contribution in [3.8, 4) is 11.7 Å². The quantitative estimate of drug-likeness (QED) is 0.162. The third-order valence-corrected chi connectivity index (χ3v) is 9.13. The number of hydrogen-bond donors (Lipinski definition) is 3. The van der Waals surface area contributed by atoms with E-state index in [1.54, 1.807) is 6.07 Å². The molecule has 1 fully saturated rings. The number of amides is 1. The predicted octanol–water partition coefficient (Wildman–Crippen LogP) is 5.37. The van der Waals surface area contributed by atoms with E-state index in [2.05, 4.69) is 39.5 Å². The van der Waals surface area contributed by atoms with Gasteiger partial charge in [0.1, 0.15) is 11.0 Å². The maximum atomic E-state index is 13.1. The minimum Gasteiger partial charge on any atom is -0.477 e. The molecule has 1 atom stereocenters. The average molecular weight is 672 g/mol. The van der Waals surface area contributed by atoms with Gasteiger partial charge < -0.3 is 15.4 Å². The Kier molecular flexibility index (Phi) is 10.3. The number of nitrogens with one attached hydrogen (secondary N) is 3. The molecule has 1 amide bonds. The maximum absolute atomic E-state index is 13.1. The van der Waals surface area contributed by atoms with Gasteiger partial charge in [-0.15, -0.1) is 5.10 Å². The van der Waals surface area contributed by atoms with Crippen LogP contribution in [-0.2, 0) is 10.0 Å². The Balaban J connectivity index is 1.32. The van der Waals surface area contributed by atoms with Crippen molar-refractivity contribution in [1.29, 1.82) is 0 Å². The highest BCUT2D eigenvalue weighted by Gasteiger charge is 2.46. The zero-order valence-electron chi connectivity index (χ0n) is 25.4. The van der Waals surface area contributed by atoms with Crippen LogP contribution < -0.4 is 20.1 Å². The second kappa shape index (κ2) is 13.5. The molecule has 3 N–H and O–H groups in total. The Morgan fingerprint density at radius 2 is 1.93 bits per heavy atom. The number of alkyl halides is 3. The Labute approximate surface area is 265 Å².